The second-order valence-corrected chi connectivity index (χ2v) is 9.44. The first-order valence-corrected chi connectivity index (χ1v) is 7.68. The van der Waals surface area contributed by atoms with E-state index in [1.165, 1.54) is 0 Å². The highest BCUT2D eigenvalue weighted by atomic mass is 35.7. The second kappa shape index (κ2) is 4.73. The molecule has 0 aliphatic carbocycles. The number of alkyl halides is 3. The van der Waals surface area contributed by atoms with E-state index in [4.69, 9.17) is 46.0 Å². The Kier molecular flexibility index (Phi) is 4.25. The molecular formula is C8H8Cl4NOP. The SMILES string of the molecule is Cc1cccc(NP(=O)(Cl)C(Cl)(Cl)Cl)c1. The van der Waals surface area contributed by atoms with E-state index < -0.39 is 10.2 Å². The number of benzene rings is 1. The summed E-state index contributed by atoms with van der Waals surface area (Å²) in [4.78, 5) is 0. The van der Waals surface area contributed by atoms with E-state index in [1.54, 1.807) is 18.2 Å². The van der Waals surface area contributed by atoms with Crippen molar-refractivity contribution in [2.45, 2.75) is 10.5 Å². The zero-order valence-electron chi connectivity index (χ0n) is 7.68. The van der Waals surface area contributed by atoms with Crippen LogP contribution in [0.3, 0.4) is 0 Å². The lowest BCUT2D eigenvalue weighted by molar-refractivity contribution is 0.587. The Morgan fingerprint density at radius 1 is 1.33 bits per heavy atom. The molecule has 7 heteroatoms. The van der Waals surface area contributed by atoms with Crippen molar-refractivity contribution in [3.05, 3.63) is 29.8 Å². The quantitative estimate of drug-likeness (QED) is 0.603. The summed E-state index contributed by atoms with van der Waals surface area (Å²) < 4.78 is 9.75. The minimum absolute atomic E-state index is 0.555. The monoisotopic (exact) mass is 305 g/mol. The molecule has 15 heavy (non-hydrogen) atoms. The Balaban J connectivity index is 2.92. The molecule has 84 valence electrons. The first-order valence-electron chi connectivity index (χ1n) is 3.94. The van der Waals surface area contributed by atoms with Crippen LogP contribution < -0.4 is 5.09 Å². The van der Waals surface area contributed by atoms with Gasteiger partial charge in [0.1, 0.15) is 0 Å². The fraction of sp³-hybridized carbons (Fsp3) is 0.250. The van der Waals surface area contributed by atoms with E-state index in [9.17, 15) is 4.57 Å². The summed E-state index contributed by atoms with van der Waals surface area (Å²) in [5, 5.41) is 2.52. The predicted molar refractivity (Wildman–Crippen MR) is 68.6 cm³/mol. The number of hydrogen-bond donors (Lipinski definition) is 1. The molecule has 1 rings (SSSR count). The molecular weight excluding hydrogens is 299 g/mol. The molecule has 0 fully saturated rings. The summed E-state index contributed by atoms with van der Waals surface area (Å²) in [6.45, 7) is -1.71. The average molecular weight is 307 g/mol. The van der Waals surface area contributed by atoms with Crippen LogP contribution in [0.4, 0.5) is 5.69 Å². The van der Waals surface area contributed by atoms with Gasteiger partial charge in [-0.2, -0.15) is 0 Å². The summed E-state index contributed by atoms with van der Waals surface area (Å²) in [5.41, 5.74) is 1.54. The Bertz CT molecular complexity index is 404. The molecule has 1 atom stereocenters. The second-order valence-electron chi connectivity index (χ2n) is 2.98. The summed E-state index contributed by atoms with van der Waals surface area (Å²) >= 11 is 22.1. The van der Waals surface area contributed by atoms with Crippen LogP contribution in [-0.4, -0.2) is 3.53 Å². The van der Waals surface area contributed by atoms with Gasteiger partial charge in [0, 0.05) is 5.69 Å². The third kappa shape index (κ3) is 3.72. The molecule has 0 saturated heterocycles. The van der Waals surface area contributed by atoms with Crippen molar-refractivity contribution in [1.82, 2.24) is 0 Å². The lowest BCUT2D eigenvalue weighted by atomic mass is 10.2. The number of halogens is 4. The van der Waals surface area contributed by atoms with Gasteiger partial charge < -0.3 is 5.09 Å². The highest BCUT2D eigenvalue weighted by Gasteiger charge is 2.43. The first kappa shape index (κ1) is 13.5. The highest BCUT2D eigenvalue weighted by Crippen LogP contribution is 2.68. The minimum Gasteiger partial charge on any atom is -0.321 e. The molecule has 1 aromatic rings. The smallest absolute Gasteiger partial charge is 0.305 e. The molecule has 0 radical (unpaired) electrons. The Morgan fingerprint density at radius 2 is 1.93 bits per heavy atom. The van der Waals surface area contributed by atoms with Crippen LogP contribution in [0.1, 0.15) is 5.56 Å². The molecule has 0 bridgehead atoms. The van der Waals surface area contributed by atoms with E-state index in [1.807, 2.05) is 13.0 Å². The topological polar surface area (TPSA) is 29.1 Å². The Hall–Kier alpha value is 0.410. The number of rotatable bonds is 2. The standard InChI is InChI=1S/C8H8Cl4NOP/c1-6-3-2-4-7(5-6)13-15(12,14)8(9,10)11/h2-5H,1H3,(H,13,14). The van der Waals surface area contributed by atoms with Crippen LogP contribution in [0.25, 0.3) is 0 Å². The maximum absolute atomic E-state index is 11.8. The van der Waals surface area contributed by atoms with Crippen molar-refractivity contribution in [3.8, 4) is 0 Å². The molecule has 0 spiro atoms. The first-order chi connectivity index (χ1) is 6.72. The van der Waals surface area contributed by atoms with Crippen LogP contribution in [0.2, 0.25) is 0 Å². The van der Waals surface area contributed by atoms with Gasteiger partial charge in [0.2, 0.25) is 0 Å². The van der Waals surface area contributed by atoms with Crippen LogP contribution in [0, 0.1) is 6.92 Å². The molecule has 0 saturated carbocycles. The number of aryl methyl sites for hydroxylation is 1. The van der Waals surface area contributed by atoms with Gasteiger partial charge in [-0.1, -0.05) is 46.9 Å². The summed E-state index contributed by atoms with van der Waals surface area (Å²) in [6.07, 6.45) is 0. The lowest BCUT2D eigenvalue weighted by Crippen LogP contribution is -2.07. The molecule has 0 aromatic heterocycles. The van der Waals surface area contributed by atoms with Gasteiger partial charge in [0.05, 0.1) is 0 Å². The summed E-state index contributed by atoms with van der Waals surface area (Å²) in [7, 11) is 0. The largest absolute Gasteiger partial charge is 0.321 e. The van der Waals surface area contributed by atoms with Crippen molar-refractivity contribution in [3.63, 3.8) is 0 Å². The van der Waals surface area contributed by atoms with Crippen molar-refractivity contribution < 1.29 is 4.57 Å². The van der Waals surface area contributed by atoms with E-state index >= 15 is 0 Å². The van der Waals surface area contributed by atoms with Crippen LogP contribution in [0.5, 0.6) is 0 Å². The summed E-state index contributed by atoms with van der Waals surface area (Å²) in [6, 6.07) is 7.12. The van der Waals surface area contributed by atoms with E-state index in [-0.39, 0.29) is 0 Å². The molecule has 2 nitrogen and oxygen atoms in total. The third-order valence-electron chi connectivity index (χ3n) is 1.62. The van der Waals surface area contributed by atoms with Crippen molar-refractivity contribution in [2.24, 2.45) is 0 Å². The molecule has 0 aliphatic rings. The van der Waals surface area contributed by atoms with Crippen molar-refractivity contribution in [1.29, 1.82) is 0 Å². The maximum atomic E-state index is 11.8. The average Bonchev–Trinajstić information content (AvgIpc) is 2.00. The van der Waals surface area contributed by atoms with Gasteiger partial charge in [-0.15, -0.1) is 0 Å². The molecule has 1 unspecified atom stereocenters. The van der Waals surface area contributed by atoms with E-state index in [0.29, 0.717) is 5.69 Å². The number of hydrogen-bond acceptors (Lipinski definition) is 1. The van der Waals surface area contributed by atoms with E-state index in [2.05, 4.69) is 5.09 Å². The van der Waals surface area contributed by atoms with Crippen molar-refractivity contribution in [2.75, 3.05) is 5.09 Å². The molecule has 1 N–H and O–H groups in total. The van der Waals surface area contributed by atoms with Crippen molar-refractivity contribution >= 4 is 58.4 Å². The van der Waals surface area contributed by atoms with E-state index in [0.717, 1.165) is 5.56 Å². The molecule has 0 heterocycles. The van der Waals surface area contributed by atoms with Gasteiger partial charge in [0.25, 0.3) is 3.53 Å². The lowest BCUT2D eigenvalue weighted by Gasteiger charge is -2.20. The maximum Gasteiger partial charge on any atom is 0.305 e. The zero-order chi connectivity index (χ0) is 11.7. The fourth-order valence-electron chi connectivity index (χ4n) is 0.944. The predicted octanol–water partition coefficient (Wildman–Crippen LogP) is 5.17. The normalized spacial score (nSPS) is 15.8. The van der Waals surface area contributed by atoms with Gasteiger partial charge in [-0.25, -0.2) is 0 Å². The van der Waals surface area contributed by atoms with Crippen LogP contribution in [-0.2, 0) is 4.57 Å². The number of anilines is 1. The number of nitrogens with one attached hydrogen (secondary N) is 1. The van der Waals surface area contributed by atoms with Crippen LogP contribution in [0.15, 0.2) is 24.3 Å². The Morgan fingerprint density at radius 3 is 2.40 bits per heavy atom. The Labute approximate surface area is 108 Å². The minimum atomic E-state index is -3.60. The fourth-order valence-corrected chi connectivity index (χ4v) is 2.22. The zero-order valence-corrected chi connectivity index (χ0v) is 11.6. The molecule has 1 aromatic carbocycles. The van der Waals surface area contributed by atoms with Crippen LogP contribution >= 0.6 is 52.7 Å². The highest BCUT2D eigenvalue weighted by molar-refractivity contribution is 7.95. The van der Waals surface area contributed by atoms with Gasteiger partial charge in [-0.05, 0) is 35.9 Å². The van der Waals surface area contributed by atoms with Gasteiger partial charge in [-0.3, -0.25) is 4.57 Å². The third-order valence-corrected chi connectivity index (χ3v) is 6.75. The molecule has 0 amide bonds. The van der Waals surface area contributed by atoms with Gasteiger partial charge >= 0.3 is 6.65 Å². The molecule has 0 aliphatic heterocycles. The van der Waals surface area contributed by atoms with Gasteiger partial charge in [0.15, 0.2) is 0 Å². The summed E-state index contributed by atoms with van der Waals surface area (Å²) in [5.74, 6) is 0.